The molecule has 1 saturated heterocycles. The first kappa shape index (κ1) is 6.40. The first-order chi connectivity index (χ1) is 4.31. The molecule has 1 heterocycles. The normalized spacial score (nSPS) is 39.0. The standard InChI is InChI=1S/C7H12IN/c8-6-1-4-9-7(5-6)2-3-7/h6,9H,1-5H2/t6-/m1/s1. The molecule has 0 bridgehead atoms. The summed E-state index contributed by atoms with van der Waals surface area (Å²) >= 11 is 2.58. The predicted octanol–water partition coefficient (Wildman–Crippen LogP) is 1.71. The fourth-order valence-electron chi connectivity index (χ4n) is 1.62. The molecule has 1 saturated carbocycles. The van der Waals surface area contributed by atoms with Crippen LogP contribution in [0.4, 0.5) is 0 Å². The molecular formula is C7H12IN. The molecule has 1 nitrogen and oxygen atoms in total. The van der Waals surface area contributed by atoms with Gasteiger partial charge in [0.15, 0.2) is 0 Å². The van der Waals surface area contributed by atoms with Gasteiger partial charge in [0.1, 0.15) is 0 Å². The van der Waals surface area contributed by atoms with Gasteiger partial charge in [0.2, 0.25) is 0 Å². The molecule has 0 aromatic heterocycles. The summed E-state index contributed by atoms with van der Waals surface area (Å²) in [6.07, 6.45) is 5.68. The van der Waals surface area contributed by atoms with Crippen molar-refractivity contribution in [2.24, 2.45) is 0 Å². The summed E-state index contributed by atoms with van der Waals surface area (Å²) in [5.74, 6) is 0. The third-order valence-corrected chi connectivity index (χ3v) is 3.49. The number of alkyl halides is 1. The Labute approximate surface area is 69.7 Å². The lowest BCUT2D eigenvalue weighted by Gasteiger charge is -2.26. The van der Waals surface area contributed by atoms with E-state index in [-0.39, 0.29) is 0 Å². The third kappa shape index (κ3) is 1.24. The average molecular weight is 237 g/mol. The van der Waals surface area contributed by atoms with Crippen LogP contribution in [0.5, 0.6) is 0 Å². The fraction of sp³-hybridized carbons (Fsp3) is 1.00. The van der Waals surface area contributed by atoms with E-state index in [1.54, 1.807) is 0 Å². The molecule has 2 heteroatoms. The van der Waals surface area contributed by atoms with Gasteiger partial charge in [0, 0.05) is 9.46 Å². The first-order valence-electron chi connectivity index (χ1n) is 3.70. The first-order valence-corrected chi connectivity index (χ1v) is 4.94. The van der Waals surface area contributed by atoms with Gasteiger partial charge in [-0.3, -0.25) is 0 Å². The number of hydrogen-bond acceptors (Lipinski definition) is 1. The summed E-state index contributed by atoms with van der Waals surface area (Å²) in [7, 11) is 0. The SMILES string of the molecule is I[C@@H]1CCNC2(CC2)C1. The minimum Gasteiger partial charge on any atom is -0.311 e. The Morgan fingerprint density at radius 1 is 1.44 bits per heavy atom. The van der Waals surface area contributed by atoms with Crippen LogP contribution in [0.2, 0.25) is 0 Å². The lowest BCUT2D eigenvalue weighted by molar-refractivity contribution is 0.401. The fourth-order valence-corrected chi connectivity index (χ4v) is 2.78. The molecular weight excluding hydrogens is 225 g/mol. The second-order valence-corrected chi connectivity index (χ2v) is 5.06. The molecule has 2 aliphatic rings. The summed E-state index contributed by atoms with van der Waals surface area (Å²) in [5.41, 5.74) is 0.643. The maximum Gasteiger partial charge on any atom is 0.0192 e. The highest BCUT2D eigenvalue weighted by Crippen LogP contribution is 2.43. The molecule has 0 amide bonds. The quantitative estimate of drug-likeness (QED) is 0.499. The summed E-state index contributed by atoms with van der Waals surface area (Å²) in [4.78, 5) is 0. The number of hydrogen-bond donors (Lipinski definition) is 1. The topological polar surface area (TPSA) is 12.0 Å². The van der Waals surface area contributed by atoms with Gasteiger partial charge >= 0.3 is 0 Å². The molecule has 9 heavy (non-hydrogen) atoms. The Bertz CT molecular complexity index is 120. The zero-order chi connectivity index (χ0) is 6.32. The summed E-state index contributed by atoms with van der Waals surface area (Å²) in [5, 5.41) is 3.60. The second-order valence-electron chi connectivity index (χ2n) is 3.30. The van der Waals surface area contributed by atoms with Crippen molar-refractivity contribution in [3.63, 3.8) is 0 Å². The van der Waals surface area contributed by atoms with E-state index in [9.17, 15) is 0 Å². The molecule has 52 valence electrons. The monoisotopic (exact) mass is 237 g/mol. The van der Waals surface area contributed by atoms with Crippen LogP contribution in [0.15, 0.2) is 0 Å². The summed E-state index contributed by atoms with van der Waals surface area (Å²) in [6.45, 7) is 1.26. The van der Waals surface area contributed by atoms with E-state index in [2.05, 4.69) is 27.9 Å². The Morgan fingerprint density at radius 2 is 2.22 bits per heavy atom. The van der Waals surface area contributed by atoms with Crippen molar-refractivity contribution in [3.05, 3.63) is 0 Å². The van der Waals surface area contributed by atoms with Crippen LogP contribution in [-0.4, -0.2) is 16.0 Å². The van der Waals surface area contributed by atoms with Gasteiger partial charge in [-0.25, -0.2) is 0 Å². The van der Waals surface area contributed by atoms with Gasteiger partial charge in [-0.05, 0) is 32.2 Å². The van der Waals surface area contributed by atoms with Gasteiger partial charge in [0.25, 0.3) is 0 Å². The minimum absolute atomic E-state index is 0.643. The van der Waals surface area contributed by atoms with Gasteiger partial charge < -0.3 is 5.32 Å². The van der Waals surface area contributed by atoms with Crippen LogP contribution in [0.3, 0.4) is 0 Å². The van der Waals surface area contributed by atoms with Gasteiger partial charge in [-0.1, -0.05) is 22.6 Å². The van der Waals surface area contributed by atoms with E-state index in [0.29, 0.717) is 5.54 Å². The lowest BCUT2D eigenvalue weighted by atomic mass is 10.0. The Balaban J connectivity index is 1.96. The third-order valence-electron chi connectivity index (χ3n) is 2.42. The zero-order valence-corrected chi connectivity index (χ0v) is 7.65. The smallest absolute Gasteiger partial charge is 0.0192 e. The molecule has 1 aliphatic carbocycles. The molecule has 2 fully saturated rings. The van der Waals surface area contributed by atoms with E-state index < -0.39 is 0 Å². The maximum absolute atomic E-state index is 3.60. The molecule has 0 radical (unpaired) electrons. The molecule has 1 aliphatic heterocycles. The number of nitrogens with one attached hydrogen (secondary N) is 1. The van der Waals surface area contributed by atoms with Crippen molar-refractivity contribution in [1.29, 1.82) is 0 Å². The minimum atomic E-state index is 0.643. The van der Waals surface area contributed by atoms with Crippen LogP contribution in [-0.2, 0) is 0 Å². The van der Waals surface area contributed by atoms with Crippen molar-refractivity contribution in [3.8, 4) is 0 Å². The van der Waals surface area contributed by atoms with Crippen molar-refractivity contribution < 1.29 is 0 Å². The van der Waals surface area contributed by atoms with E-state index >= 15 is 0 Å². The number of rotatable bonds is 0. The Kier molecular flexibility index (Phi) is 1.49. The highest BCUT2D eigenvalue weighted by Gasteiger charge is 2.45. The molecule has 1 atom stereocenters. The molecule has 1 spiro atoms. The van der Waals surface area contributed by atoms with Crippen molar-refractivity contribution in [2.45, 2.75) is 35.1 Å². The number of halogens is 1. The number of piperidine rings is 1. The second kappa shape index (κ2) is 2.09. The van der Waals surface area contributed by atoms with Crippen LogP contribution in [0, 0.1) is 0 Å². The summed E-state index contributed by atoms with van der Waals surface area (Å²) in [6, 6.07) is 0. The van der Waals surface area contributed by atoms with Crippen molar-refractivity contribution >= 4 is 22.6 Å². The molecule has 0 aromatic rings. The van der Waals surface area contributed by atoms with Crippen molar-refractivity contribution in [2.75, 3.05) is 6.54 Å². The molecule has 2 rings (SSSR count). The van der Waals surface area contributed by atoms with Crippen LogP contribution < -0.4 is 5.32 Å². The van der Waals surface area contributed by atoms with Crippen LogP contribution in [0.25, 0.3) is 0 Å². The molecule has 1 N–H and O–H groups in total. The summed E-state index contributed by atoms with van der Waals surface area (Å²) < 4.78 is 0.950. The van der Waals surface area contributed by atoms with Crippen LogP contribution in [0.1, 0.15) is 25.7 Å². The maximum atomic E-state index is 3.60. The zero-order valence-electron chi connectivity index (χ0n) is 5.49. The highest BCUT2D eigenvalue weighted by molar-refractivity contribution is 14.1. The van der Waals surface area contributed by atoms with Crippen LogP contribution >= 0.6 is 22.6 Å². The Morgan fingerprint density at radius 3 is 2.67 bits per heavy atom. The van der Waals surface area contributed by atoms with Gasteiger partial charge in [-0.15, -0.1) is 0 Å². The highest BCUT2D eigenvalue weighted by atomic mass is 127. The van der Waals surface area contributed by atoms with Gasteiger partial charge in [-0.2, -0.15) is 0 Å². The van der Waals surface area contributed by atoms with E-state index in [0.717, 1.165) is 3.92 Å². The van der Waals surface area contributed by atoms with E-state index in [1.165, 1.54) is 32.2 Å². The predicted molar refractivity (Wildman–Crippen MR) is 47.0 cm³/mol. The van der Waals surface area contributed by atoms with E-state index in [4.69, 9.17) is 0 Å². The van der Waals surface area contributed by atoms with Gasteiger partial charge in [0.05, 0.1) is 0 Å². The van der Waals surface area contributed by atoms with Crippen molar-refractivity contribution in [1.82, 2.24) is 5.32 Å². The molecule has 0 aromatic carbocycles. The average Bonchev–Trinajstić information content (AvgIpc) is 2.49. The largest absolute Gasteiger partial charge is 0.311 e. The molecule has 0 unspecified atom stereocenters. The Hall–Kier alpha value is 0.690. The van der Waals surface area contributed by atoms with E-state index in [1.807, 2.05) is 0 Å². The lowest BCUT2D eigenvalue weighted by Crippen LogP contribution is -2.40.